The number of anilines is 2. The van der Waals surface area contributed by atoms with E-state index in [1.54, 1.807) is 24.3 Å². The molecule has 1 heterocycles. The monoisotopic (exact) mass is 359 g/mol. The highest BCUT2D eigenvalue weighted by atomic mass is 35.5. The van der Waals surface area contributed by atoms with Crippen molar-refractivity contribution in [1.82, 2.24) is 5.32 Å². The van der Waals surface area contributed by atoms with Gasteiger partial charge in [0.15, 0.2) is 0 Å². The van der Waals surface area contributed by atoms with Crippen LogP contribution in [-0.2, 0) is 4.79 Å². The zero-order valence-electron chi connectivity index (χ0n) is 14.0. The van der Waals surface area contributed by atoms with Gasteiger partial charge in [0.2, 0.25) is 5.91 Å². The molecule has 1 saturated heterocycles. The standard InChI is InChI=1S/C19H21N3O2.ClH/c1-13(15-11-20-12-15)18(23)21-16-9-5-6-10-17(16)22-19(24)14-7-3-2-4-8-14;/h2-10,13,15,20H,11-12H2,1H3,(H,21,23)(H,22,24);1H. The molecular formula is C19H22ClN3O2. The van der Waals surface area contributed by atoms with Gasteiger partial charge in [-0.1, -0.05) is 37.3 Å². The second-order valence-corrected chi connectivity index (χ2v) is 6.06. The third-order valence-corrected chi connectivity index (χ3v) is 4.40. The minimum Gasteiger partial charge on any atom is -0.324 e. The Morgan fingerprint density at radius 2 is 1.52 bits per heavy atom. The topological polar surface area (TPSA) is 70.2 Å². The first-order chi connectivity index (χ1) is 11.6. The van der Waals surface area contributed by atoms with Gasteiger partial charge < -0.3 is 16.0 Å². The van der Waals surface area contributed by atoms with E-state index < -0.39 is 0 Å². The molecule has 3 N–H and O–H groups in total. The molecule has 1 atom stereocenters. The predicted octanol–water partition coefficient (Wildman–Crippen LogP) is 3.15. The lowest BCUT2D eigenvalue weighted by atomic mass is 9.88. The first kappa shape index (κ1) is 19.0. The summed E-state index contributed by atoms with van der Waals surface area (Å²) in [5.41, 5.74) is 1.79. The largest absolute Gasteiger partial charge is 0.324 e. The van der Waals surface area contributed by atoms with Gasteiger partial charge >= 0.3 is 0 Å². The molecule has 1 aliphatic heterocycles. The summed E-state index contributed by atoms with van der Waals surface area (Å²) in [4.78, 5) is 24.7. The molecule has 0 aliphatic carbocycles. The third-order valence-electron chi connectivity index (χ3n) is 4.40. The molecule has 0 spiro atoms. The smallest absolute Gasteiger partial charge is 0.255 e. The summed E-state index contributed by atoms with van der Waals surface area (Å²) in [6.07, 6.45) is 0. The van der Waals surface area contributed by atoms with Gasteiger partial charge in [0.1, 0.15) is 0 Å². The van der Waals surface area contributed by atoms with E-state index in [9.17, 15) is 9.59 Å². The van der Waals surface area contributed by atoms with Gasteiger partial charge in [0.25, 0.3) is 5.91 Å². The summed E-state index contributed by atoms with van der Waals surface area (Å²) in [6.45, 7) is 3.69. The fourth-order valence-electron chi connectivity index (χ4n) is 2.61. The van der Waals surface area contributed by atoms with Crippen LogP contribution < -0.4 is 16.0 Å². The van der Waals surface area contributed by atoms with Crippen LogP contribution in [0.4, 0.5) is 11.4 Å². The Kier molecular flexibility index (Phi) is 6.56. The Morgan fingerprint density at radius 1 is 0.960 bits per heavy atom. The molecule has 2 aromatic carbocycles. The molecular weight excluding hydrogens is 338 g/mol. The minimum absolute atomic E-state index is 0. The molecule has 25 heavy (non-hydrogen) atoms. The second-order valence-electron chi connectivity index (χ2n) is 6.06. The van der Waals surface area contributed by atoms with E-state index in [-0.39, 0.29) is 30.1 Å². The lowest BCUT2D eigenvalue weighted by Gasteiger charge is -2.31. The number of benzene rings is 2. The molecule has 0 bridgehead atoms. The second kappa shape index (κ2) is 8.65. The number of halogens is 1. The van der Waals surface area contributed by atoms with Crippen molar-refractivity contribution in [2.24, 2.45) is 11.8 Å². The summed E-state index contributed by atoms with van der Waals surface area (Å²) in [6, 6.07) is 16.2. The van der Waals surface area contributed by atoms with Gasteiger partial charge in [-0.3, -0.25) is 9.59 Å². The quantitative estimate of drug-likeness (QED) is 0.768. The van der Waals surface area contributed by atoms with Crippen LogP contribution in [0, 0.1) is 11.8 Å². The average molecular weight is 360 g/mol. The summed E-state index contributed by atoms with van der Waals surface area (Å²) >= 11 is 0. The molecule has 2 amide bonds. The molecule has 1 unspecified atom stereocenters. The molecule has 3 rings (SSSR count). The number of carbonyl (C=O) groups is 2. The Morgan fingerprint density at radius 3 is 2.08 bits per heavy atom. The highest BCUT2D eigenvalue weighted by molar-refractivity contribution is 6.07. The van der Waals surface area contributed by atoms with Crippen LogP contribution in [0.2, 0.25) is 0 Å². The zero-order valence-corrected chi connectivity index (χ0v) is 14.8. The maximum Gasteiger partial charge on any atom is 0.255 e. The van der Waals surface area contributed by atoms with Crippen LogP contribution in [0.5, 0.6) is 0 Å². The highest BCUT2D eigenvalue weighted by Crippen LogP contribution is 2.24. The predicted molar refractivity (Wildman–Crippen MR) is 102 cm³/mol. The van der Waals surface area contributed by atoms with Crippen LogP contribution in [0.25, 0.3) is 0 Å². The Balaban J connectivity index is 0.00000225. The lowest BCUT2D eigenvalue weighted by Crippen LogP contribution is -2.48. The number of hydrogen-bond donors (Lipinski definition) is 3. The molecule has 0 saturated carbocycles. The van der Waals surface area contributed by atoms with Crippen LogP contribution >= 0.6 is 12.4 Å². The van der Waals surface area contributed by atoms with Gasteiger partial charge in [0.05, 0.1) is 11.4 Å². The van der Waals surface area contributed by atoms with E-state index in [0.29, 0.717) is 22.9 Å². The fraction of sp³-hybridized carbons (Fsp3) is 0.263. The van der Waals surface area contributed by atoms with Crippen LogP contribution in [0.1, 0.15) is 17.3 Å². The van der Waals surface area contributed by atoms with E-state index in [1.165, 1.54) is 0 Å². The maximum absolute atomic E-state index is 12.4. The van der Waals surface area contributed by atoms with Gasteiger partial charge in [-0.25, -0.2) is 0 Å². The number of hydrogen-bond acceptors (Lipinski definition) is 3. The van der Waals surface area contributed by atoms with Crippen LogP contribution in [0.15, 0.2) is 54.6 Å². The van der Waals surface area contributed by atoms with Crippen molar-refractivity contribution in [3.05, 3.63) is 60.2 Å². The first-order valence-electron chi connectivity index (χ1n) is 8.12. The van der Waals surface area contributed by atoms with E-state index in [1.807, 2.05) is 37.3 Å². The molecule has 0 radical (unpaired) electrons. The molecule has 2 aromatic rings. The van der Waals surface area contributed by atoms with Crippen molar-refractivity contribution in [2.75, 3.05) is 23.7 Å². The van der Waals surface area contributed by atoms with Gasteiger partial charge in [-0.15, -0.1) is 12.4 Å². The van der Waals surface area contributed by atoms with E-state index in [2.05, 4.69) is 16.0 Å². The van der Waals surface area contributed by atoms with Gasteiger partial charge in [-0.2, -0.15) is 0 Å². The number of carbonyl (C=O) groups excluding carboxylic acids is 2. The normalized spacial score (nSPS) is 14.6. The van der Waals surface area contributed by atoms with Crippen molar-refractivity contribution in [3.63, 3.8) is 0 Å². The molecule has 0 aromatic heterocycles. The van der Waals surface area contributed by atoms with E-state index in [0.717, 1.165) is 13.1 Å². The maximum atomic E-state index is 12.4. The number of para-hydroxylation sites is 2. The molecule has 1 fully saturated rings. The molecule has 1 aliphatic rings. The summed E-state index contributed by atoms with van der Waals surface area (Å²) in [5.74, 6) is 0.0802. The summed E-state index contributed by atoms with van der Waals surface area (Å²) in [5, 5.41) is 8.98. The summed E-state index contributed by atoms with van der Waals surface area (Å²) < 4.78 is 0. The fourth-order valence-corrected chi connectivity index (χ4v) is 2.61. The Bertz CT molecular complexity index is 732. The van der Waals surface area contributed by atoms with Gasteiger partial charge in [0, 0.05) is 11.5 Å². The van der Waals surface area contributed by atoms with Crippen molar-refractivity contribution in [2.45, 2.75) is 6.92 Å². The van der Waals surface area contributed by atoms with E-state index in [4.69, 9.17) is 0 Å². The number of amides is 2. The average Bonchev–Trinajstić information content (AvgIpc) is 2.55. The van der Waals surface area contributed by atoms with Crippen molar-refractivity contribution in [1.29, 1.82) is 0 Å². The van der Waals surface area contributed by atoms with Crippen molar-refractivity contribution >= 4 is 35.6 Å². The first-order valence-corrected chi connectivity index (χ1v) is 8.12. The Labute approximate surface area is 153 Å². The molecule has 5 nitrogen and oxygen atoms in total. The van der Waals surface area contributed by atoms with Crippen molar-refractivity contribution < 1.29 is 9.59 Å². The summed E-state index contributed by atoms with van der Waals surface area (Å²) in [7, 11) is 0. The van der Waals surface area contributed by atoms with Crippen LogP contribution in [0.3, 0.4) is 0 Å². The third kappa shape index (κ3) is 4.59. The van der Waals surface area contributed by atoms with Crippen molar-refractivity contribution in [3.8, 4) is 0 Å². The van der Waals surface area contributed by atoms with Gasteiger partial charge in [-0.05, 0) is 43.3 Å². The van der Waals surface area contributed by atoms with Crippen LogP contribution in [-0.4, -0.2) is 24.9 Å². The van der Waals surface area contributed by atoms with E-state index >= 15 is 0 Å². The minimum atomic E-state index is -0.200. The number of nitrogens with one attached hydrogen (secondary N) is 3. The SMILES string of the molecule is CC(C(=O)Nc1ccccc1NC(=O)c1ccccc1)C1CNC1.Cl. The zero-order chi connectivity index (χ0) is 16.9. The highest BCUT2D eigenvalue weighted by Gasteiger charge is 2.29. The number of rotatable bonds is 5. The molecule has 132 valence electrons. The lowest BCUT2D eigenvalue weighted by molar-refractivity contribution is -0.121. The Hall–Kier alpha value is -2.37. The molecule has 6 heteroatoms.